The van der Waals surface area contributed by atoms with Gasteiger partial charge in [-0.3, -0.25) is 4.79 Å². The molecule has 0 spiro atoms. The van der Waals surface area contributed by atoms with Crippen molar-refractivity contribution >= 4 is 5.78 Å². The fraction of sp³-hybridized carbons (Fsp3) is 0.625. The molecule has 0 aromatic heterocycles. The van der Waals surface area contributed by atoms with E-state index < -0.39 is 0 Å². The molecule has 0 saturated heterocycles. The maximum absolute atomic E-state index is 11.0. The minimum absolute atomic E-state index is 0.137. The smallest absolute Gasteiger partial charge is 0.153 e. The third-order valence-corrected chi connectivity index (χ3v) is 1.85. The summed E-state index contributed by atoms with van der Waals surface area (Å²) in [5, 5.41) is 0. The number of Topliss-reactive ketones (excluding diaryl/α,β-unsaturated/α-hetero) is 1. The number of ketones is 1. The first kappa shape index (κ1) is 7.48. The Bertz CT molecular complexity index is 149. The predicted molar refractivity (Wildman–Crippen MR) is 40.5 cm³/mol. The Balaban J connectivity index is 2.30. The molecule has 2 heteroatoms. The second kappa shape index (κ2) is 2.97. The quantitative estimate of drug-likeness (QED) is 0.587. The van der Waals surface area contributed by atoms with E-state index in [1.54, 1.807) is 6.08 Å². The van der Waals surface area contributed by atoms with Crippen molar-refractivity contribution in [2.24, 2.45) is 11.7 Å². The number of nitrogens with two attached hydrogens (primary N) is 1. The van der Waals surface area contributed by atoms with E-state index in [2.05, 4.69) is 6.58 Å². The van der Waals surface area contributed by atoms with Crippen molar-refractivity contribution in [2.45, 2.75) is 25.3 Å². The molecule has 0 amide bonds. The molecular formula is C8H13NO. The maximum atomic E-state index is 11.0. The fourth-order valence-electron chi connectivity index (χ4n) is 0.997. The molecule has 0 radical (unpaired) electrons. The van der Waals surface area contributed by atoms with E-state index in [0.29, 0.717) is 12.3 Å². The molecule has 2 nitrogen and oxygen atoms in total. The van der Waals surface area contributed by atoms with Gasteiger partial charge in [0.2, 0.25) is 0 Å². The van der Waals surface area contributed by atoms with Crippen LogP contribution in [0.1, 0.15) is 19.3 Å². The summed E-state index contributed by atoms with van der Waals surface area (Å²) in [6, 6.07) is -0.210. The average molecular weight is 139 g/mol. The number of allylic oxidation sites excluding steroid dienone is 1. The highest BCUT2D eigenvalue weighted by Gasteiger charge is 2.32. The van der Waals surface area contributed by atoms with Crippen LogP contribution in [0.5, 0.6) is 0 Å². The monoisotopic (exact) mass is 139 g/mol. The minimum atomic E-state index is -0.210. The van der Waals surface area contributed by atoms with Gasteiger partial charge >= 0.3 is 0 Å². The normalized spacial score (nSPS) is 20.1. The highest BCUT2D eigenvalue weighted by Crippen LogP contribution is 2.32. The molecule has 0 bridgehead atoms. The van der Waals surface area contributed by atoms with E-state index in [0.717, 1.165) is 12.8 Å². The third-order valence-electron chi connectivity index (χ3n) is 1.85. The molecule has 56 valence electrons. The summed E-state index contributed by atoms with van der Waals surface area (Å²) in [6.07, 6.45) is 4.30. The van der Waals surface area contributed by atoms with Crippen LogP contribution in [-0.4, -0.2) is 11.8 Å². The van der Waals surface area contributed by atoms with Gasteiger partial charge in [0, 0.05) is 6.42 Å². The Hall–Kier alpha value is -0.630. The summed E-state index contributed by atoms with van der Waals surface area (Å²) in [5.41, 5.74) is 5.61. The van der Waals surface area contributed by atoms with Crippen LogP contribution in [0.15, 0.2) is 12.7 Å². The first-order valence-electron chi connectivity index (χ1n) is 3.65. The number of hydrogen-bond acceptors (Lipinski definition) is 2. The van der Waals surface area contributed by atoms with Gasteiger partial charge in [0.05, 0.1) is 6.04 Å². The summed E-state index contributed by atoms with van der Waals surface area (Å²) in [5.74, 6) is 0.616. The first-order chi connectivity index (χ1) is 4.75. The van der Waals surface area contributed by atoms with Crippen molar-refractivity contribution in [3.8, 4) is 0 Å². The Kier molecular flexibility index (Phi) is 2.22. The molecule has 1 atom stereocenters. The van der Waals surface area contributed by atoms with Gasteiger partial charge in [-0.15, -0.1) is 6.58 Å². The zero-order chi connectivity index (χ0) is 7.56. The van der Waals surface area contributed by atoms with Crippen LogP contribution in [0.25, 0.3) is 0 Å². The standard InChI is InChI=1S/C8H13NO/c1-2-3-7(10)8(9)6-4-5-6/h2,6,8H,1,3-5,9H2. The Labute approximate surface area is 61.1 Å². The summed E-state index contributed by atoms with van der Waals surface area (Å²) < 4.78 is 0. The molecule has 2 N–H and O–H groups in total. The molecule has 1 aliphatic carbocycles. The highest BCUT2D eigenvalue weighted by molar-refractivity contribution is 5.85. The van der Waals surface area contributed by atoms with Crippen LogP contribution in [0, 0.1) is 5.92 Å². The molecular weight excluding hydrogens is 126 g/mol. The van der Waals surface area contributed by atoms with Crippen molar-refractivity contribution in [3.63, 3.8) is 0 Å². The van der Waals surface area contributed by atoms with Crippen molar-refractivity contribution in [3.05, 3.63) is 12.7 Å². The summed E-state index contributed by atoms with van der Waals surface area (Å²) in [7, 11) is 0. The number of carbonyl (C=O) groups excluding carboxylic acids is 1. The molecule has 0 heterocycles. The van der Waals surface area contributed by atoms with E-state index in [4.69, 9.17) is 5.73 Å². The Morgan fingerprint density at radius 2 is 2.40 bits per heavy atom. The van der Waals surface area contributed by atoms with Crippen LogP contribution >= 0.6 is 0 Å². The lowest BCUT2D eigenvalue weighted by molar-refractivity contribution is -0.119. The van der Waals surface area contributed by atoms with Gasteiger partial charge in [-0.1, -0.05) is 6.08 Å². The number of rotatable bonds is 4. The van der Waals surface area contributed by atoms with Gasteiger partial charge in [0.1, 0.15) is 0 Å². The predicted octanol–water partition coefficient (Wildman–Crippen LogP) is 0.869. The molecule has 1 rings (SSSR count). The Morgan fingerprint density at radius 1 is 1.80 bits per heavy atom. The van der Waals surface area contributed by atoms with E-state index in [9.17, 15) is 4.79 Å². The maximum Gasteiger partial charge on any atom is 0.153 e. The van der Waals surface area contributed by atoms with E-state index in [1.165, 1.54) is 0 Å². The van der Waals surface area contributed by atoms with Crippen molar-refractivity contribution in [1.82, 2.24) is 0 Å². The summed E-state index contributed by atoms with van der Waals surface area (Å²) >= 11 is 0. The second-order valence-electron chi connectivity index (χ2n) is 2.82. The fourth-order valence-corrected chi connectivity index (χ4v) is 0.997. The Morgan fingerprint density at radius 3 is 2.80 bits per heavy atom. The highest BCUT2D eigenvalue weighted by atomic mass is 16.1. The number of hydrogen-bond donors (Lipinski definition) is 1. The summed E-state index contributed by atoms with van der Waals surface area (Å²) in [6.45, 7) is 3.49. The first-order valence-corrected chi connectivity index (χ1v) is 3.65. The van der Waals surface area contributed by atoms with Crippen LogP contribution < -0.4 is 5.73 Å². The molecule has 1 aliphatic rings. The minimum Gasteiger partial charge on any atom is -0.321 e. The third kappa shape index (κ3) is 1.67. The molecule has 10 heavy (non-hydrogen) atoms. The van der Waals surface area contributed by atoms with Gasteiger partial charge in [-0.2, -0.15) is 0 Å². The molecule has 1 unspecified atom stereocenters. The zero-order valence-electron chi connectivity index (χ0n) is 6.05. The van der Waals surface area contributed by atoms with Gasteiger partial charge < -0.3 is 5.73 Å². The van der Waals surface area contributed by atoms with Gasteiger partial charge in [-0.05, 0) is 18.8 Å². The van der Waals surface area contributed by atoms with Crippen LogP contribution in [0.3, 0.4) is 0 Å². The topological polar surface area (TPSA) is 43.1 Å². The van der Waals surface area contributed by atoms with E-state index >= 15 is 0 Å². The lowest BCUT2D eigenvalue weighted by Crippen LogP contribution is -2.31. The van der Waals surface area contributed by atoms with E-state index in [1.807, 2.05) is 0 Å². The zero-order valence-corrected chi connectivity index (χ0v) is 6.05. The largest absolute Gasteiger partial charge is 0.321 e. The molecule has 0 aliphatic heterocycles. The van der Waals surface area contributed by atoms with Crippen LogP contribution in [-0.2, 0) is 4.79 Å². The van der Waals surface area contributed by atoms with Crippen molar-refractivity contribution in [1.29, 1.82) is 0 Å². The van der Waals surface area contributed by atoms with E-state index in [-0.39, 0.29) is 11.8 Å². The lowest BCUT2D eigenvalue weighted by atomic mass is 10.1. The molecule has 1 saturated carbocycles. The van der Waals surface area contributed by atoms with Gasteiger partial charge in [0.15, 0.2) is 5.78 Å². The van der Waals surface area contributed by atoms with Crippen LogP contribution in [0.2, 0.25) is 0 Å². The summed E-state index contributed by atoms with van der Waals surface area (Å²) in [4.78, 5) is 11.0. The molecule has 1 fully saturated rings. The lowest BCUT2D eigenvalue weighted by Gasteiger charge is -2.05. The van der Waals surface area contributed by atoms with Crippen molar-refractivity contribution < 1.29 is 4.79 Å². The number of carbonyl (C=O) groups is 1. The van der Waals surface area contributed by atoms with Gasteiger partial charge in [0.25, 0.3) is 0 Å². The SMILES string of the molecule is C=CCC(=O)C(N)C1CC1. The van der Waals surface area contributed by atoms with Crippen molar-refractivity contribution in [2.75, 3.05) is 0 Å². The molecule has 0 aromatic rings. The molecule has 0 aromatic carbocycles. The average Bonchev–Trinajstić information content (AvgIpc) is 2.68. The second-order valence-corrected chi connectivity index (χ2v) is 2.82. The van der Waals surface area contributed by atoms with Gasteiger partial charge in [-0.25, -0.2) is 0 Å². The van der Waals surface area contributed by atoms with Crippen LogP contribution in [0.4, 0.5) is 0 Å².